The summed E-state index contributed by atoms with van der Waals surface area (Å²) < 4.78 is 0. The number of nitrogens with zero attached hydrogens (tertiary/aromatic N) is 1. The van der Waals surface area contributed by atoms with Crippen molar-refractivity contribution in [1.82, 2.24) is 4.98 Å². The summed E-state index contributed by atoms with van der Waals surface area (Å²) in [5.74, 6) is 2.41. The molecule has 5 nitrogen and oxygen atoms in total. The van der Waals surface area contributed by atoms with E-state index in [4.69, 9.17) is 0 Å². The molecule has 0 radical (unpaired) electrons. The number of ketones is 1. The van der Waals surface area contributed by atoms with Gasteiger partial charge in [-0.15, -0.1) is 0 Å². The third-order valence-corrected chi connectivity index (χ3v) is 7.59. The maximum Gasteiger partial charge on any atom is 0.173 e. The van der Waals surface area contributed by atoms with Gasteiger partial charge in [0.1, 0.15) is 11.6 Å². The number of hydrogen-bond donors (Lipinski definition) is 3. The van der Waals surface area contributed by atoms with Gasteiger partial charge in [0.2, 0.25) is 0 Å². The van der Waals surface area contributed by atoms with Crippen molar-refractivity contribution in [2.24, 2.45) is 11.8 Å². The largest absolute Gasteiger partial charge is 0.508 e. The molecule has 0 bridgehead atoms. The number of Topliss-reactive ketones (excluding diaryl/α,β-unsaturated/α-hetero) is 1. The number of phenols is 1. The number of anilines is 4. The number of aromatic nitrogens is 1. The van der Waals surface area contributed by atoms with Gasteiger partial charge in [-0.3, -0.25) is 4.79 Å². The summed E-state index contributed by atoms with van der Waals surface area (Å²) in [6.07, 6.45) is 9.76. The van der Waals surface area contributed by atoms with E-state index >= 15 is 0 Å². The maximum absolute atomic E-state index is 13.4. The maximum atomic E-state index is 13.4. The van der Waals surface area contributed by atoms with Crippen LogP contribution in [0.3, 0.4) is 0 Å². The monoisotopic (exact) mass is 455 g/mol. The van der Waals surface area contributed by atoms with Gasteiger partial charge in [-0.2, -0.15) is 0 Å². The van der Waals surface area contributed by atoms with Crippen LogP contribution in [0.15, 0.2) is 48.7 Å². The van der Waals surface area contributed by atoms with Crippen LogP contribution < -0.4 is 10.6 Å². The second-order valence-corrected chi connectivity index (χ2v) is 9.98. The van der Waals surface area contributed by atoms with Gasteiger partial charge in [-0.05, 0) is 66.5 Å². The molecular weight excluding hydrogens is 422 g/mol. The molecule has 1 aliphatic carbocycles. The molecule has 2 heterocycles. The molecule has 3 N–H and O–H groups in total. The van der Waals surface area contributed by atoms with E-state index in [0.717, 1.165) is 40.8 Å². The normalized spacial score (nSPS) is 19.5. The molecule has 2 aliphatic rings. The molecule has 1 aliphatic heterocycles. The van der Waals surface area contributed by atoms with Gasteiger partial charge in [-0.1, -0.05) is 50.8 Å². The fraction of sp³-hybridized carbons (Fsp3) is 0.379. The number of benzene rings is 2. The van der Waals surface area contributed by atoms with Crippen molar-refractivity contribution in [1.29, 1.82) is 0 Å². The molecule has 5 rings (SSSR count). The SMILES string of the molecule is Cc1ccc(O)cc1Nc1ccnc2c1C(=O)Cc1cc(CCC3CCCCC3C)ccc1N2. The lowest BCUT2D eigenvalue weighted by molar-refractivity contribution is 0.0995. The highest BCUT2D eigenvalue weighted by Gasteiger charge is 2.25. The van der Waals surface area contributed by atoms with Crippen LogP contribution in [0.2, 0.25) is 0 Å². The first kappa shape index (κ1) is 22.5. The molecule has 1 aromatic heterocycles. The van der Waals surface area contributed by atoms with E-state index in [9.17, 15) is 9.90 Å². The van der Waals surface area contributed by atoms with Crippen LogP contribution in [0.4, 0.5) is 22.9 Å². The van der Waals surface area contributed by atoms with Gasteiger partial charge in [-0.25, -0.2) is 4.98 Å². The molecule has 1 fully saturated rings. The molecule has 1 saturated carbocycles. The molecule has 2 aromatic carbocycles. The van der Waals surface area contributed by atoms with Crippen LogP contribution in [0, 0.1) is 18.8 Å². The molecule has 3 aromatic rings. The van der Waals surface area contributed by atoms with Crippen LogP contribution in [0.1, 0.15) is 66.1 Å². The Bertz CT molecular complexity index is 1220. The van der Waals surface area contributed by atoms with E-state index in [2.05, 4.69) is 40.7 Å². The Morgan fingerprint density at radius 2 is 1.94 bits per heavy atom. The van der Waals surface area contributed by atoms with Crippen molar-refractivity contribution in [3.05, 3.63) is 70.9 Å². The molecule has 2 unspecified atom stereocenters. The van der Waals surface area contributed by atoms with Gasteiger partial charge in [0.15, 0.2) is 5.78 Å². The molecule has 176 valence electrons. The first-order valence-corrected chi connectivity index (χ1v) is 12.5. The number of rotatable bonds is 5. The predicted octanol–water partition coefficient (Wildman–Crippen LogP) is 7.08. The number of hydrogen-bond acceptors (Lipinski definition) is 5. The highest BCUT2D eigenvalue weighted by Crippen LogP contribution is 2.36. The third kappa shape index (κ3) is 4.65. The highest BCUT2D eigenvalue weighted by molar-refractivity contribution is 6.09. The fourth-order valence-corrected chi connectivity index (χ4v) is 5.47. The smallest absolute Gasteiger partial charge is 0.173 e. The van der Waals surface area contributed by atoms with Crippen LogP contribution >= 0.6 is 0 Å². The van der Waals surface area contributed by atoms with Crippen molar-refractivity contribution in [2.45, 2.75) is 58.8 Å². The van der Waals surface area contributed by atoms with Gasteiger partial charge in [0.05, 0.1) is 11.3 Å². The standard InChI is InChI=1S/C29H33N3O2/c1-18-5-3-4-6-21(18)10-8-20-9-12-24-22(15-20)16-27(34)28-25(13-14-30-29(28)32-24)31-26-17-23(33)11-7-19(26)2/h7,9,11-15,17-18,21,33H,3-6,8,10,16H2,1-2H3,(H2,30,31,32). The van der Waals surface area contributed by atoms with Crippen molar-refractivity contribution in [2.75, 3.05) is 10.6 Å². The van der Waals surface area contributed by atoms with Crippen LogP contribution in [0.25, 0.3) is 0 Å². The highest BCUT2D eigenvalue weighted by atomic mass is 16.3. The molecule has 0 spiro atoms. The van der Waals surface area contributed by atoms with E-state index in [1.165, 1.54) is 37.7 Å². The lowest BCUT2D eigenvalue weighted by Gasteiger charge is -2.28. The van der Waals surface area contributed by atoms with Crippen molar-refractivity contribution in [3.63, 3.8) is 0 Å². The lowest BCUT2D eigenvalue weighted by atomic mass is 9.77. The zero-order chi connectivity index (χ0) is 23.7. The average Bonchev–Trinajstić information content (AvgIpc) is 2.96. The zero-order valence-electron chi connectivity index (χ0n) is 20.0. The van der Waals surface area contributed by atoms with Crippen LogP contribution in [-0.4, -0.2) is 15.9 Å². The summed E-state index contributed by atoms with van der Waals surface area (Å²) in [5.41, 5.74) is 6.27. The van der Waals surface area contributed by atoms with Gasteiger partial charge in [0.25, 0.3) is 0 Å². The number of carbonyl (C=O) groups excluding carboxylic acids is 1. The van der Waals surface area contributed by atoms with Crippen molar-refractivity contribution < 1.29 is 9.90 Å². The lowest BCUT2D eigenvalue weighted by Crippen LogP contribution is -2.17. The van der Waals surface area contributed by atoms with Crippen LogP contribution in [0.5, 0.6) is 5.75 Å². The Hall–Kier alpha value is -3.34. The fourth-order valence-electron chi connectivity index (χ4n) is 5.47. The zero-order valence-corrected chi connectivity index (χ0v) is 20.0. The molecular formula is C29H33N3O2. The van der Waals surface area contributed by atoms with Crippen molar-refractivity contribution >= 4 is 28.7 Å². The predicted molar refractivity (Wildman–Crippen MR) is 138 cm³/mol. The Morgan fingerprint density at radius 1 is 1.09 bits per heavy atom. The number of nitrogens with one attached hydrogen (secondary N) is 2. The summed E-state index contributed by atoms with van der Waals surface area (Å²) in [4.78, 5) is 17.9. The summed E-state index contributed by atoms with van der Waals surface area (Å²) in [6.45, 7) is 4.37. The van der Waals surface area contributed by atoms with E-state index in [1.54, 1.807) is 18.3 Å². The number of fused-ring (bicyclic) bond motifs is 2. The number of aromatic hydroxyl groups is 1. The molecule has 34 heavy (non-hydrogen) atoms. The minimum atomic E-state index is 0.0349. The Kier molecular flexibility index (Phi) is 6.27. The number of phenolic OH excluding ortho intramolecular Hbond substituents is 1. The summed E-state index contributed by atoms with van der Waals surface area (Å²) in [7, 11) is 0. The summed E-state index contributed by atoms with van der Waals surface area (Å²) in [6, 6.07) is 13.5. The Labute approximate surface area is 201 Å². The minimum Gasteiger partial charge on any atom is -0.508 e. The number of aryl methyl sites for hydroxylation is 2. The second kappa shape index (κ2) is 9.49. The van der Waals surface area contributed by atoms with E-state index < -0.39 is 0 Å². The molecule has 0 saturated heterocycles. The molecule has 2 atom stereocenters. The third-order valence-electron chi connectivity index (χ3n) is 7.59. The van der Waals surface area contributed by atoms with Crippen LogP contribution in [-0.2, 0) is 12.8 Å². The van der Waals surface area contributed by atoms with Gasteiger partial charge >= 0.3 is 0 Å². The topological polar surface area (TPSA) is 74.2 Å². The Morgan fingerprint density at radius 3 is 2.79 bits per heavy atom. The number of carbonyl (C=O) groups is 1. The number of pyridine rings is 1. The minimum absolute atomic E-state index is 0.0349. The van der Waals surface area contributed by atoms with E-state index in [1.807, 2.05) is 19.1 Å². The second-order valence-electron chi connectivity index (χ2n) is 9.98. The molecule has 0 amide bonds. The first-order chi connectivity index (χ1) is 16.5. The quantitative estimate of drug-likeness (QED) is 0.383. The van der Waals surface area contributed by atoms with E-state index in [0.29, 0.717) is 23.5 Å². The van der Waals surface area contributed by atoms with Gasteiger partial charge in [0, 0.05) is 30.1 Å². The Balaban J connectivity index is 1.38. The summed E-state index contributed by atoms with van der Waals surface area (Å²) in [5, 5.41) is 16.6. The van der Waals surface area contributed by atoms with Crippen molar-refractivity contribution in [3.8, 4) is 5.75 Å². The summed E-state index contributed by atoms with van der Waals surface area (Å²) >= 11 is 0. The average molecular weight is 456 g/mol. The van der Waals surface area contributed by atoms with Gasteiger partial charge < -0.3 is 15.7 Å². The first-order valence-electron chi connectivity index (χ1n) is 12.5. The van der Waals surface area contributed by atoms with E-state index in [-0.39, 0.29) is 11.5 Å². The molecule has 5 heteroatoms.